The van der Waals surface area contributed by atoms with Crippen molar-refractivity contribution in [1.82, 2.24) is 9.88 Å². The lowest BCUT2D eigenvalue weighted by Gasteiger charge is -2.30. The van der Waals surface area contributed by atoms with Gasteiger partial charge in [-0.1, -0.05) is 24.3 Å². The summed E-state index contributed by atoms with van der Waals surface area (Å²) in [5.74, 6) is 0.925. The van der Waals surface area contributed by atoms with Crippen LogP contribution in [0.3, 0.4) is 0 Å². The summed E-state index contributed by atoms with van der Waals surface area (Å²) in [5.41, 5.74) is 7.20. The van der Waals surface area contributed by atoms with Crippen LogP contribution in [0.2, 0.25) is 0 Å². The summed E-state index contributed by atoms with van der Waals surface area (Å²) >= 11 is 0. The molecule has 4 rings (SSSR count). The Kier molecular flexibility index (Phi) is 5.78. The van der Waals surface area contributed by atoms with Crippen molar-refractivity contribution in [2.75, 3.05) is 18.4 Å². The third kappa shape index (κ3) is 4.76. The Morgan fingerprint density at radius 1 is 1.16 bits per heavy atom. The lowest BCUT2D eigenvalue weighted by molar-refractivity contribution is 0.0270. The van der Waals surface area contributed by atoms with E-state index in [-0.39, 0.29) is 6.09 Å². The van der Waals surface area contributed by atoms with Crippen molar-refractivity contribution in [2.45, 2.75) is 65.5 Å². The van der Waals surface area contributed by atoms with E-state index in [0.717, 1.165) is 36.3 Å². The molecule has 2 aromatic rings. The first-order chi connectivity index (χ1) is 14.7. The zero-order chi connectivity index (χ0) is 22.2. The van der Waals surface area contributed by atoms with Gasteiger partial charge in [0.15, 0.2) is 0 Å². The van der Waals surface area contributed by atoms with E-state index in [9.17, 15) is 4.79 Å². The average molecular weight is 420 g/mol. The highest BCUT2D eigenvalue weighted by Gasteiger charge is 2.26. The summed E-state index contributed by atoms with van der Waals surface area (Å²) in [4.78, 5) is 18.9. The Bertz CT molecular complexity index is 1020. The third-order valence-corrected chi connectivity index (χ3v) is 6.08. The van der Waals surface area contributed by atoms with Crippen LogP contribution in [-0.4, -0.2) is 34.7 Å². The molecule has 1 aromatic carbocycles. The molecule has 1 amide bonds. The molecule has 0 saturated heterocycles. The number of aromatic nitrogens is 1. The van der Waals surface area contributed by atoms with Crippen LogP contribution < -0.4 is 5.32 Å². The van der Waals surface area contributed by atoms with Crippen molar-refractivity contribution in [3.8, 4) is 0 Å². The molecule has 1 aliphatic heterocycles. The largest absolute Gasteiger partial charge is 0.444 e. The van der Waals surface area contributed by atoms with Gasteiger partial charge in [0.05, 0.1) is 6.04 Å². The van der Waals surface area contributed by atoms with Crippen LogP contribution in [0, 0.1) is 13.8 Å². The molecule has 0 fully saturated rings. The summed E-state index contributed by atoms with van der Waals surface area (Å²) in [6, 6.07) is 11.1. The van der Waals surface area contributed by atoms with E-state index >= 15 is 0 Å². The summed E-state index contributed by atoms with van der Waals surface area (Å²) in [5, 5.41) is 3.65. The van der Waals surface area contributed by atoms with Crippen molar-refractivity contribution in [1.29, 1.82) is 0 Å². The van der Waals surface area contributed by atoms with Gasteiger partial charge in [-0.15, -0.1) is 0 Å². The Balaban J connectivity index is 1.44. The Labute approximate surface area is 185 Å². The molecule has 5 heteroatoms. The van der Waals surface area contributed by atoms with E-state index in [2.05, 4.69) is 55.6 Å². The Morgan fingerprint density at radius 2 is 1.97 bits per heavy atom. The van der Waals surface area contributed by atoms with Crippen LogP contribution in [-0.2, 0) is 11.2 Å². The van der Waals surface area contributed by atoms with Gasteiger partial charge in [0, 0.05) is 18.8 Å². The van der Waals surface area contributed by atoms with E-state index < -0.39 is 5.60 Å². The number of ether oxygens (including phenoxy) is 1. The standard InChI is InChI=1S/C26H33N3O2/c1-17-7-6-8-20-9-11-22(24(17)20)28-23-12-10-21(18(2)27-23)19-13-15-29(16-14-19)25(30)31-26(3,4)5/h6-8,10,12-13,22H,9,11,14-16H2,1-5H3,(H,27,28)/t22-/m0/s1. The second kappa shape index (κ2) is 8.37. The van der Waals surface area contributed by atoms with E-state index in [1.807, 2.05) is 20.8 Å². The fourth-order valence-electron chi connectivity index (χ4n) is 4.61. The summed E-state index contributed by atoms with van der Waals surface area (Å²) in [6.45, 7) is 11.2. The Hall–Kier alpha value is -2.82. The van der Waals surface area contributed by atoms with Gasteiger partial charge in [-0.05, 0) is 93.8 Å². The minimum atomic E-state index is -0.469. The van der Waals surface area contributed by atoms with Gasteiger partial charge >= 0.3 is 6.09 Å². The van der Waals surface area contributed by atoms with E-state index in [4.69, 9.17) is 9.72 Å². The van der Waals surface area contributed by atoms with E-state index in [1.165, 1.54) is 22.3 Å². The van der Waals surface area contributed by atoms with Crippen LogP contribution in [0.1, 0.15) is 67.6 Å². The van der Waals surface area contributed by atoms with E-state index in [1.54, 1.807) is 4.90 Å². The maximum absolute atomic E-state index is 12.3. The van der Waals surface area contributed by atoms with Crippen molar-refractivity contribution < 1.29 is 9.53 Å². The van der Waals surface area contributed by atoms with Gasteiger partial charge in [-0.2, -0.15) is 0 Å². The summed E-state index contributed by atoms with van der Waals surface area (Å²) < 4.78 is 5.49. The molecule has 164 valence electrons. The van der Waals surface area contributed by atoms with Crippen LogP contribution in [0.5, 0.6) is 0 Å². The average Bonchev–Trinajstić information content (AvgIpc) is 3.11. The van der Waals surface area contributed by atoms with Gasteiger partial charge in [-0.3, -0.25) is 0 Å². The molecule has 0 radical (unpaired) electrons. The number of aryl methyl sites for hydroxylation is 3. The first-order valence-electron chi connectivity index (χ1n) is 11.2. The van der Waals surface area contributed by atoms with Crippen LogP contribution >= 0.6 is 0 Å². The molecule has 0 bridgehead atoms. The third-order valence-electron chi connectivity index (χ3n) is 6.08. The maximum atomic E-state index is 12.3. The Morgan fingerprint density at radius 3 is 2.65 bits per heavy atom. The monoisotopic (exact) mass is 419 g/mol. The van der Waals surface area contributed by atoms with Gasteiger partial charge in [-0.25, -0.2) is 9.78 Å². The molecule has 1 atom stereocenters. The minimum Gasteiger partial charge on any atom is -0.444 e. The number of carbonyl (C=O) groups excluding carboxylic acids is 1. The fourth-order valence-corrected chi connectivity index (χ4v) is 4.61. The highest BCUT2D eigenvalue weighted by atomic mass is 16.6. The van der Waals surface area contributed by atoms with Crippen LogP contribution in [0.4, 0.5) is 10.6 Å². The first kappa shape index (κ1) is 21.4. The number of hydrogen-bond acceptors (Lipinski definition) is 4. The maximum Gasteiger partial charge on any atom is 0.410 e. The first-order valence-corrected chi connectivity index (χ1v) is 11.2. The number of rotatable bonds is 3. The van der Waals surface area contributed by atoms with Crippen molar-refractivity contribution in [3.05, 3.63) is 64.4 Å². The SMILES string of the molecule is Cc1cccc2c1[C@@H](Nc1ccc(C3=CCN(C(=O)OC(C)(C)C)CC3)c(C)n1)CC2. The highest BCUT2D eigenvalue weighted by molar-refractivity contribution is 5.73. The number of benzene rings is 1. The van der Waals surface area contributed by atoms with Gasteiger partial charge < -0.3 is 15.0 Å². The fraction of sp³-hybridized carbons (Fsp3) is 0.462. The number of carbonyl (C=O) groups is 1. The molecule has 0 saturated carbocycles. The van der Waals surface area contributed by atoms with Gasteiger partial charge in [0.1, 0.15) is 11.4 Å². The van der Waals surface area contributed by atoms with Crippen LogP contribution in [0.25, 0.3) is 5.57 Å². The predicted molar refractivity (Wildman–Crippen MR) is 125 cm³/mol. The molecular weight excluding hydrogens is 386 g/mol. The number of hydrogen-bond donors (Lipinski definition) is 1. The van der Waals surface area contributed by atoms with Crippen molar-refractivity contribution >= 4 is 17.5 Å². The number of anilines is 1. The predicted octanol–water partition coefficient (Wildman–Crippen LogP) is 5.82. The second-order valence-electron chi connectivity index (χ2n) is 9.62. The number of nitrogens with zero attached hydrogens (tertiary/aromatic N) is 2. The number of pyridine rings is 1. The smallest absolute Gasteiger partial charge is 0.410 e. The summed E-state index contributed by atoms with van der Waals surface area (Å²) in [7, 11) is 0. The molecule has 5 nitrogen and oxygen atoms in total. The number of amides is 1. The zero-order valence-electron chi connectivity index (χ0n) is 19.3. The van der Waals surface area contributed by atoms with Crippen molar-refractivity contribution in [3.63, 3.8) is 0 Å². The number of nitrogens with one attached hydrogen (secondary N) is 1. The van der Waals surface area contributed by atoms with Crippen molar-refractivity contribution in [2.24, 2.45) is 0 Å². The van der Waals surface area contributed by atoms with Gasteiger partial charge in [0.2, 0.25) is 0 Å². The summed E-state index contributed by atoms with van der Waals surface area (Å²) in [6.07, 6.45) is 4.91. The molecule has 2 heterocycles. The molecule has 1 aliphatic carbocycles. The lowest BCUT2D eigenvalue weighted by atomic mass is 9.98. The quantitative estimate of drug-likeness (QED) is 0.681. The highest BCUT2D eigenvalue weighted by Crippen LogP contribution is 2.36. The molecule has 0 spiro atoms. The van der Waals surface area contributed by atoms with E-state index in [0.29, 0.717) is 19.1 Å². The zero-order valence-corrected chi connectivity index (χ0v) is 19.3. The molecule has 1 aromatic heterocycles. The molecular formula is C26H33N3O2. The number of fused-ring (bicyclic) bond motifs is 1. The molecule has 31 heavy (non-hydrogen) atoms. The molecule has 2 aliphatic rings. The van der Waals surface area contributed by atoms with Gasteiger partial charge in [0.25, 0.3) is 0 Å². The lowest BCUT2D eigenvalue weighted by Crippen LogP contribution is -2.39. The molecule has 1 N–H and O–H groups in total. The normalized spacial score (nSPS) is 18.4. The second-order valence-corrected chi connectivity index (χ2v) is 9.62. The minimum absolute atomic E-state index is 0.246. The topological polar surface area (TPSA) is 54.5 Å². The van der Waals surface area contributed by atoms with Crippen LogP contribution in [0.15, 0.2) is 36.4 Å². The molecule has 0 unspecified atom stereocenters.